The Hall–Kier alpha value is -3.18. The van der Waals surface area contributed by atoms with Crippen molar-refractivity contribution in [3.63, 3.8) is 0 Å². The van der Waals surface area contributed by atoms with Gasteiger partial charge in [-0.3, -0.25) is 4.79 Å². The summed E-state index contributed by atoms with van der Waals surface area (Å²) in [6, 6.07) is 19.2. The summed E-state index contributed by atoms with van der Waals surface area (Å²) in [6.45, 7) is 4.38. The standard InChI is InChI=1S/C24H21NO3S/c1-16-12-22(17(2)25(16)14-21-8-5-11-29-21)23(26)15-28-24(27)20-10-9-18-6-3-4-7-19(18)13-20/h3-13H,14-15H2,1-2H3. The number of nitrogens with zero attached hydrogens (tertiary/aromatic N) is 1. The first-order valence-corrected chi connectivity index (χ1v) is 10.3. The summed E-state index contributed by atoms with van der Waals surface area (Å²) < 4.78 is 7.42. The third-order valence-electron chi connectivity index (χ3n) is 5.09. The van der Waals surface area contributed by atoms with E-state index < -0.39 is 5.97 Å². The van der Waals surface area contributed by atoms with E-state index in [1.54, 1.807) is 23.5 Å². The number of Topliss-reactive ketones (excluding diaryl/α,β-unsaturated/α-hetero) is 1. The van der Waals surface area contributed by atoms with Gasteiger partial charge in [0.25, 0.3) is 0 Å². The molecule has 2 heterocycles. The Morgan fingerprint density at radius 2 is 1.76 bits per heavy atom. The third kappa shape index (κ3) is 4.00. The van der Waals surface area contributed by atoms with E-state index in [2.05, 4.69) is 10.6 Å². The molecule has 0 fully saturated rings. The van der Waals surface area contributed by atoms with Crippen molar-refractivity contribution in [2.24, 2.45) is 0 Å². The largest absolute Gasteiger partial charge is 0.454 e. The number of hydrogen-bond donors (Lipinski definition) is 0. The van der Waals surface area contributed by atoms with E-state index in [1.165, 1.54) is 4.88 Å². The van der Waals surface area contributed by atoms with Crippen molar-refractivity contribution in [1.82, 2.24) is 4.57 Å². The van der Waals surface area contributed by atoms with E-state index in [0.29, 0.717) is 11.1 Å². The van der Waals surface area contributed by atoms with Crippen molar-refractivity contribution in [3.05, 3.63) is 93.4 Å². The van der Waals surface area contributed by atoms with Gasteiger partial charge in [-0.2, -0.15) is 0 Å². The van der Waals surface area contributed by atoms with Gasteiger partial charge in [-0.1, -0.05) is 36.4 Å². The van der Waals surface area contributed by atoms with Gasteiger partial charge in [-0.05, 0) is 54.3 Å². The first kappa shape index (κ1) is 19.2. The average molecular weight is 404 g/mol. The van der Waals surface area contributed by atoms with E-state index in [-0.39, 0.29) is 12.4 Å². The van der Waals surface area contributed by atoms with E-state index in [1.807, 2.05) is 61.7 Å². The summed E-state index contributed by atoms with van der Waals surface area (Å²) in [7, 11) is 0. The molecule has 29 heavy (non-hydrogen) atoms. The van der Waals surface area contributed by atoms with Crippen LogP contribution in [0.3, 0.4) is 0 Å². The molecule has 5 heteroatoms. The molecular formula is C24H21NO3S. The number of rotatable bonds is 6. The van der Waals surface area contributed by atoms with Crippen LogP contribution in [0.1, 0.15) is 37.0 Å². The highest BCUT2D eigenvalue weighted by molar-refractivity contribution is 7.09. The second-order valence-electron chi connectivity index (χ2n) is 7.01. The highest BCUT2D eigenvalue weighted by atomic mass is 32.1. The summed E-state index contributed by atoms with van der Waals surface area (Å²) >= 11 is 1.69. The zero-order valence-corrected chi connectivity index (χ0v) is 17.2. The smallest absolute Gasteiger partial charge is 0.338 e. The van der Waals surface area contributed by atoms with Gasteiger partial charge >= 0.3 is 5.97 Å². The lowest BCUT2D eigenvalue weighted by Gasteiger charge is -2.09. The molecule has 2 aromatic carbocycles. The molecule has 4 nitrogen and oxygen atoms in total. The fourth-order valence-corrected chi connectivity index (χ4v) is 4.19. The molecule has 0 atom stereocenters. The molecule has 0 spiro atoms. The van der Waals surface area contributed by atoms with Crippen LogP contribution in [0.5, 0.6) is 0 Å². The lowest BCUT2D eigenvalue weighted by molar-refractivity contribution is 0.0474. The van der Waals surface area contributed by atoms with Crippen LogP contribution >= 0.6 is 11.3 Å². The molecule has 4 rings (SSSR count). The van der Waals surface area contributed by atoms with Crippen LogP contribution in [0.25, 0.3) is 10.8 Å². The number of ether oxygens (including phenoxy) is 1. The molecule has 0 radical (unpaired) electrons. The molecule has 146 valence electrons. The average Bonchev–Trinajstić information content (AvgIpc) is 3.35. The fraction of sp³-hybridized carbons (Fsp3) is 0.167. The lowest BCUT2D eigenvalue weighted by Crippen LogP contribution is -2.15. The van der Waals surface area contributed by atoms with Crippen LogP contribution in [-0.2, 0) is 11.3 Å². The van der Waals surface area contributed by atoms with E-state index in [9.17, 15) is 9.59 Å². The predicted molar refractivity (Wildman–Crippen MR) is 116 cm³/mol. The van der Waals surface area contributed by atoms with Gasteiger partial charge in [0.15, 0.2) is 6.61 Å². The number of hydrogen-bond acceptors (Lipinski definition) is 4. The van der Waals surface area contributed by atoms with Crippen molar-refractivity contribution in [1.29, 1.82) is 0 Å². The van der Waals surface area contributed by atoms with E-state index in [0.717, 1.165) is 28.7 Å². The van der Waals surface area contributed by atoms with Gasteiger partial charge in [0.05, 0.1) is 12.1 Å². The molecule has 0 N–H and O–H groups in total. The van der Waals surface area contributed by atoms with Crippen molar-refractivity contribution >= 4 is 33.9 Å². The van der Waals surface area contributed by atoms with Gasteiger partial charge in [-0.15, -0.1) is 11.3 Å². The Kier molecular flexibility index (Phi) is 5.32. The Bertz CT molecular complexity index is 1190. The number of aryl methyl sites for hydroxylation is 1. The minimum atomic E-state index is -0.489. The number of carbonyl (C=O) groups excluding carboxylic acids is 2. The molecule has 0 saturated heterocycles. The van der Waals surface area contributed by atoms with Gasteiger partial charge in [0, 0.05) is 21.8 Å². The Labute approximate surface area is 173 Å². The Morgan fingerprint density at radius 3 is 2.52 bits per heavy atom. The quantitative estimate of drug-likeness (QED) is 0.320. The normalized spacial score (nSPS) is 11.0. The number of benzene rings is 2. The van der Waals surface area contributed by atoms with Crippen LogP contribution in [0, 0.1) is 13.8 Å². The molecule has 0 saturated carbocycles. The predicted octanol–water partition coefficient (Wildman–Crippen LogP) is 5.41. The zero-order valence-electron chi connectivity index (χ0n) is 16.3. The molecule has 4 aromatic rings. The summed E-state index contributed by atoms with van der Waals surface area (Å²) in [5.41, 5.74) is 2.95. The number of ketones is 1. The number of carbonyl (C=O) groups is 2. The molecule has 0 aliphatic rings. The third-order valence-corrected chi connectivity index (χ3v) is 5.95. The lowest BCUT2D eigenvalue weighted by atomic mass is 10.1. The monoisotopic (exact) mass is 403 g/mol. The first-order chi connectivity index (χ1) is 14.0. The van der Waals surface area contributed by atoms with E-state index >= 15 is 0 Å². The number of fused-ring (bicyclic) bond motifs is 1. The maximum absolute atomic E-state index is 12.7. The van der Waals surface area contributed by atoms with Crippen LogP contribution in [0.4, 0.5) is 0 Å². The molecule has 0 amide bonds. The molecule has 0 aliphatic heterocycles. The number of aromatic nitrogens is 1. The number of esters is 1. The summed E-state index contributed by atoms with van der Waals surface area (Å²) in [4.78, 5) is 26.3. The molecule has 0 aliphatic carbocycles. The minimum absolute atomic E-state index is 0.190. The molecule has 0 unspecified atom stereocenters. The topological polar surface area (TPSA) is 48.3 Å². The second-order valence-corrected chi connectivity index (χ2v) is 8.04. The van der Waals surface area contributed by atoms with E-state index in [4.69, 9.17) is 4.74 Å². The van der Waals surface area contributed by atoms with Gasteiger partial charge in [-0.25, -0.2) is 4.79 Å². The summed E-state index contributed by atoms with van der Waals surface area (Å²) in [5, 5.41) is 4.06. The van der Waals surface area contributed by atoms with Crippen molar-refractivity contribution < 1.29 is 14.3 Å². The fourth-order valence-electron chi connectivity index (χ4n) is 3.49. The van der Waals surface area contributed by atoms with Crippen LogP contribution in [-0.4, -0.2) is 22.9 Å². The zero-order chi connectivity index (χ0) is 20.4. The maximum atomic E-state index is 12.7. The highest BCUT2D eigenvalue weighted by Gasteiger charge is 2.18. The molecular weight excluding hydrogens is 382 g/mol. The first-order valence-electron chi connectivity index (χ1n) is 9.41. The second kappa shape index (κ2) is 8.05. The van der Waals surface area contributed by atoms with Crippen LogP contribution in [0.15, 0.2) is 66.0 Å². The van der Waals surface area contributed by atoms with Crippen LogP contribution in [0.2, 0.25) is 0 Å². The SMILES string of the molecule is Cc1cc(C(=O)COC(=O)c2ccc3ccccc3c2)c(C)n1Cc1cccs1. The molecule has 0 bridgehead atoms. The van der Waals surface area contributed by atoms with Crippen molar-refractivity contribution in [3.8, 4) is 0 Å². The minimum Gasteiger partial charge on any atom is -0.454 e. The maximum Gasteiger partial charge on any atom is 0.338 e. The summed E-state index contributed by atoms with van der Waals surface area (Å²) in [6.07, 6.45) is 0. The van der Waals surface area contributed by atoms with Crippen molar-refractivity contribution in [2.45, 2.75) is 20.4 Å². The van der Waals surface area contributed by atoms with Gasteiger partial charge in [0.1, 0.15) is 0 Å². The Morgan fingerprint density at radius 1 is 0.966 bits per heavy atom. The van der Waals surface area contributed by atoms with Gasteiger partial charge < -0.3 is 9.30 Å². The van der Waals surface area contributed by atoms with Crippen LogP contribution < -0.4 is 0 Å². The number of thiophene rings is 1. The highest BCUT2D eigenvalue weighted by Crippen LogP contribution is 2.20. The molecule has 2 aromatic heterocycles. The van der Waals surface area contributed by atoms with Crippen molar-refractivity contribution in [2.75, 3.05) is 6.61 Å². The van der Waals surface area contributed by atoms with Gasteiger partial charge in [0.2, 0.25) is 5.78 Å². The summed E-state index contributed by atoms with van der Waals surface area (Å²) in [5.74, 6) is -0.679. The Balaban J connectivity index is 1.45.